The van der Waals surface area contributed by atoms with Crippen molar-refractivity contribution in [2.45, 2.75) is 6.54 Å². The first-order valence-electron chi connectivity index (χ1n) is 5.65. The molecule has 7 nitrogen and oxygen atoms in total. The minimum absolute atomic E-state index is 0.0278. The van der Waals surface area contributed by atoms with Crippen LogP contribution in [0.15, 0.2) is 30.6 Å². The Hall–Kier alpha value is -2.70. The van der Waals surface area contributed by atoms with Crippen molar-refractivity contribution in [1.82, 2.24) is 15.1 Å². The predicted molar refractivity (Wildman–Crippen MR) is 68.7 cm³/mol. The molecule has 0 saturated heterocycles. The lowest BCUT2D eigenvalue weighted by Gasteiger charge is -2.07. The molecule has 1 heterocycles. The smallest absolute Gasteiger partial charge is 0.255 e. The maximum Gasteiger partial charge on any atom is 0.255 e. The number of para-hydroxylation sites is 1. The van der Waals surface area contributed by atoms with Gasteiger partial charge in [-0.15, -0.1) is 0 Å². The van der Waals surface area contributed by atoms with E-state index in [4.69, 9.17) is 5.73 Å². The van der Waals surface area contributed by atoms with Crippen molar-refractivity contribution < 1.29 is 15.0 Å². The van der Waals surface area contributed by atoms with E-state index in [1.807, 2.05) is 0 Å². The average Bonchev–Trinajstić information content (AvgIpc) is 2.78. The number of phenols is 2. The van der Waals surface area contributed by atoms with E-state index in [1.165, 1.54) is 24.4 Å². The summed E-state index contributed by atoms with van der Waals surface area (Å²) in [6.07, 6.45) is 3.17. The summed E-state index contributed by atoms with van der Waals surface area (Å²) < 4.78 is 1.60. The molecule has 0 radical (unpaired) electrons. The Morgan fingerprint density at radius 1 is 1.42 bits per heavy atom. The van der Waals surface area contributed by atoms with Gasteiger partial charge in [-0.1, -0.05) is 6.07 Å². The summed E-state index contributed by atoms with van der Waals surface area (Å²) in [6.45, 7) is 0.789. The third-order valence-electron chi connectivity index (χ3n) is 2.54. The molecule has 100 valence electrons. The SMILES string of the molecule is Nc1cnn(CCNC(=O)c2cccc(O)c2O)c1. The summed E-state index contributed by atoms with van der Waals surface area (Å²) in [7, 11) is 0. The Labute approximate surface area is 109 Å². The lowest BCUT2D eigenvalue weighted by atomic mass is 10.1. The molecule has 0 unspecified atom stereocenters. The molecule has 1 aromatic carbocycles. The molecule has 19 heavy (non-hydrogen) atoms. The Balaban J connectivity index is 1.93. The van der Waals surface area contributed by atoms with Crippen molar-refractivity contribution in [3.05, 3.63) is 36.2 Å². The van der Waals surface area contributed by atoms with E-state index in [9.17, 15) is 15.0 Å². The second-order valence-corrected chi connectivity index (χ2v) is 3.97. The van der Waals surface area contributed by atoms with E-state index < -0.39 is 11.7 Å². The lowest BCUT2D eigenvalue weighted by molar-refractivity contribution is 0.0948. The monoisotopic (exact) mass is 262 g/mol. The maximum atomic E-state index is 11.8. The van der Waals surface area contributed by atoms with Gasteiger partial charge in [0.1, 0.15) is 0 Å². The average molecular weight is 262 g/mol. The largest absolute Gasteiger partial charge is 0.504 e. The highest BCUT2D eigenvalue weighted by molar-refractivity contribution is 5.97. The zero-order chi connectivity index (χ0) is 13.8. The van der Waals surface area contributed by atoms with Crippen LogP contribution in [0.25, 0.3) is 0 Å². The molecule has 1 amide bonds. The van der Waals surface area contributed by atoms with E-state index in [0.717, 1.165) is 0 Å². The van der Waals surface area contributed by atoms with Gasteiger partial charge >= 0.3 is 0 Å². The highest BCUT2D eigenvalue weighted by Crippen LogP contribution is 2.27. The number of benzene rings is 1. The topological polar surface area (TPSA) is 113 Å². The van der Waals surface area contributed by atoms with Crippen molar-refractivity contribution in [2.24, 2.45) is 0 Å². The molecule has 0 atom stereocenters. The zero-order valence-electron chi connectivity index (χ0n) is 10.1. The van der Waals surface area contributed by atoms with Crippen LogP contribution < -0.4 is 11.1 Å². The fourth-order valence-corrected chi connectivity index (χ4v) is 1.60. The summed E-state index contributed by atoms with van der Waals surface area (Å²) in [4.78, 5) is 11.8. The van der Waals surface area contributed by atoms with Crippen LogP contribution in [-0.4, -0.2) is 32.4 Å². The molecule has 2 rings (SSSR count). The molecule has 2 aromatic rings. The highest BCUT2D eigenvalue weighted by Gasteiger charge is 2.13. The summed E-state index contributed by atoms with van der Waals surface area (Å²) in [5, 5.41) is 25.4. The standard InChI is InChI=1S/C12H14N4O3/c13-8-6-15-16(7-8)5-4-14-12(19)9-2-1-3-10(17)11(9)18/h1-3,6-7,17-18H,4-5,13H2,(H,14,19). The number of carbonyl (C=O) groups excluding carboxylic acids is 1. The quantitative estimate of drug-likeness (QED) is 0.592. The van der Waals surface area contributed by atoms with Crippen LogP contribution in [0.2, 0.25) is 0 Å². The summed E-state index contributed by atoms with van der Waals surface area (Å²) in [6, 6.07) is 4.22. The number of nitrogens with zero attached hydrogens (tertiary/aromatic N) is 2. The van der Waals surface area contributed by atoms with E-state index in [2.05, 4.69) is 10.4 Å². The van der Waals surface area contributed by atoms with Gasteiger partial charge < -0.3 is 21.3 Å². The van der Waals surface area contributed by atoms with Crippen LogP contribution in [0.5, 0.6) is 11.5 Å². The number of anilines is 1. The number of phenolic OH excluding ortho intramolecular Hbond substituents is 2. The van der Waals surface area contributed by atoms with Crippen molar-refractivity contribution in [2.75, 3.05) is 12.3 Å². The minimum atomic E-state index is -0.464. The molecule has 1 aromatic heterocycles. The van der Waals surface area contributed by atoms with Gasteiger partial charge in [0.2, 0.25) is 0 Å². The molecule has 0 fully saturated rings. The van der Waals surface area contributed by atoms with Crippen molar-refractivity contribution in [3.63, 3.8) is 0 Å². The summed E-state index contributed by atoms with van der Waals surface area (Å²) >= 11 is 0. The summed E-state index contributed by atoms with van der Waals surface area (Å²) in [5.41, 5.74) is 6.09. The van der Waals surface area contributed by atoms with Gasteiger partial charge in [0, 0.05) is 12.7 Å². The van der Waals surface area contributed by atoms with Gasteiger partial charge in [-0.05, 0) is 12.1 Å². The first-order valence-corrected chi connectivity index (χ1v) is 5.65. The van der Waals surface area contributed by atoms with Crippen molar-refractivity contribution in [3.8, 4) is 11.5 Å². The first-order chi connectivity index (χ1) is 9.08. The van der Waals surface area contributed by atoms with Crippen molar-refractivity contribution in [1.29, 1.82) is 0 Å². The number of nitrogens with two attached hydrogens (primary N) is 1. The minimum Gasteiger partial charge on any atom is -0.504 e. The van der Waals surface area contributed by atoms with Gasteiger partial charge in [0.05, 0.1) is 24.0 Å². The first kappa shape index (κ1) is 12.7. The zero-order valence-corrected chi connectivity index (χ0v) is 10.1. The lowest BCUT2D eigenvalue weighted by Crippen LogP contribution is -2.27. The number of aromatic hydroxyl groups is 2. The normalized spacial score (nSPS) is 10.3. The third kappa shape index (κ3) is 2.95. The maximum absolute atomic E-state index is 11.8. The second-order valence-electron chi connectivity index (χ2n) is 3.97. The number of amides is 1. The molecule has 0 aliphatic carbocycles. The van der Waals surface area contributed by atoms with Gasteiger partial charge in [0.25, 0.3) is 5.91 Å². The Morgan fingerprint density at radius 2 is 2.21 bits per heavy atom. The van der Waals surface area contributed by atoms with E-state index >= 15 is 0 Å². The van der Waals surface area contributed by atoms with Crippen LogP contribution in [0.3, 0.4) is 0 Å². The van der Waals surface area contributed by atoms with Crippen LogP contribution in [0, 0.1) is 0 Å². The number of nitrogens with one attached hydrogen (secondary N) is 1. The molecular formula is C12H14N4O3. The molecular weight excluding hydrogens is 248 g/mol. The summed E-state index contributed by atoms with van der Waals surface area (Å²) in [5.74, 6) is -1.22. The van der Waals surface area contributed by atoms with Gasteiger partial charge in [-0.2, -0.15) is 5.10 Å². The van der Waals surface area contributed by atoms with E-state index in [0.29, 0.717) is 18.8 Å². The van der Waals surface area contributed by atoms with E-state index in [1.54, 1.807) is 10.9 Å². The van der Waals surface area contributed by atoms with Gasteiger partial charge in [0.15, 0.2) is 11.5 Å². The fraction of sp³-hybridized carbons (Fsp3) is 0.167. The number of aromatic nitrogens is 2. The number of hydrogen-bond donors (Lipinski definition) is 4. The number of nitrogen functional groups attached to an aromatic ring is 1. The molecule has 0 aliphatic rings. The van der Waals surface area contributed by atoms with Crippen LogP contribution >= 0.6 is 0 Å². The second kappa shape index (κ2) is 5.30. The van der Waals surface area contributed by atoms with E-state index in [-0.39, 0.29) is 11.3 Å². The molecule has 0 saturated carbocycles. The molecule has 0 spiro atoms. The fourth-order valence-electron chi connectivity index (χ4n) is 1.60. The molecule has 0 bridgehead atoms. The Morgan fingerprint density at radius 3 is 2.89 bits per heavy atom. The van der Waals surface area contributed by atoms with Gasteiger partial charge in [-0.25, -0.2) is 0 Å². The number of rotatable bonds is 4. The van der Waals surface area contributed by atoms with Gasteiger partial charge in [-0.3, -0.25) is 9.48 Å². The number of carbonyl (C=O) groups is 1. The van der Waals surface area contributed by atoms with Crippen LogP contribution in [-0.2, 0) is 6.54 Å². The van der Waals surface area contributed by atoms with Crippen LogP contribution in [0.4, 0.5) is 5.69 Å². The molecule has 7 heteroatoms. The molecule has 5 N–H and O–H groups in total. The third-order valence-corrected chi connectivity index (χ3v) is 2.54. The number of hydrogen-bond acceptors (Lipinski definition) is 5. The Kier molecular flexibility index (Phi) is 3.56. The van der Waals surface area contributed by atoms with Crippen LogP contribution in [0.1, 0.15) is 10.4 Å². The Bertz CT molecular complexity index is 594. The van der Waals surface area contributed by atoms with Crippen molar-refractivity contribution >= 4 is 11.6 Å². The highest BCUT2D eigenvalue weighted by atomic mass is 16.3. The molecule has 0 aliphatic heterocycles. The predicted octanol–water partition coefficient (Wildman–Crippen LogP) is 0.307.